The van der Waals surface area contributed by atoms with Gasteiger partial charge in [0.25, 0.3) is 0 Å². The highest BCUT2D eigenvalue weighted by molar-refractivity contribution is 5.81. The van der Waals surface area contributed by atoms with Crippen molar-refractivity contribution in [1.29, 1.82) is 0 Å². The predicted octanol–water partition coefficient (Wildman–Crippen LogP) is 1.33. The van der Waals surface area contributed by atoms with E-state index < -0.39 is 0 Å². The fourth-order valence-electron chi connectivity index (χ4n) is 4.51. The topological polar surface area (TPSA) is 89.0 Å². The third-order valence-corrected chi connectivity index (χ3v) is 6.32. The fourth-order valence-corrected chi connectivity index (χ4v) is 4.51. The smallest absolute Gasteiger partial charge is 0.225 e. The number of carbonyl (C=O) groups excluding carboxylic acids is 1. The summed E-state index contributed by atoms with van der Waals surface area (Å²) in [4.78, 5) is 32.6. The van der Waals surface area contributed by atoms with Crippen molar-refractivity contribution in [3.8, 4) is 0 Å². The van der Waals surface area contributed by atoms with Crippen molar-refractivity contribution in [3.63, 3.8) is 0 Å². The second kappa shape index (κ2) is 13.2. The number of anilines is 1. The Morgan fingerprint density at radius 1 is 1.09 bits per heavy atom. The Balaban J connectivity index is 1.37. The molecule has 3 heterocycles. The van der Waals surface area contributed by atoms with Gasteiger partial charge >= 0.3 is 0 Å². The van der Waals surface area contributed by atoms with Crippen molar-refractivity contribution >= 4 is 17.8 Å². The first kappa shape index (κ1) is 24.2. The van der Waals surface area contributed by atoms with Crippen LogP contribution >= 0.6 is 0 Å². The van der Waals surface area contributed by atoms with Crippen LogP contribution < -0.4 is 15.5 Å². The molecule has 1 aromatic rings. The van der Waals surface area contributed by atoms with E-state index in [1.54, 1.807) is 12.4 Å². The quantitative estimate of drug-likeness (QED) is 0.439. The normalized spacial score (nSPS) is 20.3. The van der Waals surface area contributed by atoms with E-state index in [4.69, 9.17) is 4.99 Å². The zero-order chi connectivity index (χ0) is 22.6. The first-order valence-electron chi connectivity index (χ1n) is 12.3. The van der Waals surface area contributed by atoms with E-state index in [1.807, 2.05) is 11.0 Å². The molecule has 0 aromatic carbocycles. The first-order chi connectivity index (χ1) is 15.7. The number of guanidine groups is 1. The average molecular weight is 445 g/mol. The maximum Gasteiger partial charge on any atom is 0.225 e. The Morgan fingerprint density at radius 3 is 2.59 bits per heavy atom. The standard InChI is InChI=1S/C23H40N8O/c1-3-20-8-5-6-14-29(20)15-13-26-22(24-4-2)25-12-9-21(32)30-16-18-31(19-17-30)23-27-10-7-11-28-23/h7,10-11,20H,3-6,8-9,12-19H2,1-2H3,(H2,24,25,26). The number of carbonyl (C=O) groups is 1. The highest BCUT2D eigenvalue weighted by Crippen LogP contribution is 2.18. The van der Waals surface area contributed by atoms with Crippen LogP contribution in [0.5, 0.6) is 0 Å². The molecule has 178 valence electrons. The van der Waals surface area contributed by atoms with Crippen molar-refractivity contribution < 1.29 is 4.79 Å². The van der Waals surface area contributed by atoms with E-state index in [1.165, 1.54) is 32.2 Å². The summed E-state index contributed by atoms with van der Waals surface area (Å²) < 4.78 is 0. The van der Waals surface area contributed by atoms with Crippen LogP contribution in [0.25, 0.3) is 0 Å². The largest absolute Gasteiger partial charge is 0.357 e. The van der Waals surface area contributed by atoms with Gasteiger partial charge in [0.1, 0.15) is 0 Å². The summed E-state index contributed by atoms with van der Waals surface area (Å²) >= 11 is 0. The van der Waals surface area contributed by atoms with Crippen LogP contribution in [0.15, 0.2) is 23.5 Å². The van der Waals surface area contributed by atoms with Gasteiger partial charge in [0.05, 0.1) is 6.54 Å². The van der Waals surface area contributed by atoms with Gasteiger partial charge in [0.15, 0.2) is 5.96 Å². The lowest BCUT2D eigenvalue weighted by Crippen LogP contribution is -2.50. The van der Waals surface area contributed by atoms with Gasteiger partial charge in [-0.2, -0.15) is 0 Å². The second-order valence-corrected chi connectivity index (χ2v) is 8.45. The molecule has 2 fully saturated rings. The van der Waals surface area contributed by atoms with Crippen molar-refractivity contribution in [2.75, 3.05) is 63.8 Å². The molecule has 0 saturated carbocycles. The number of piperidine rings is 1. The Bertz CT molecular complexity index is 705. The van der Waals surface area contributed by atoms with Gasteiger partial charge in [-0.1, -0.05) is 13.3 Å². The lowest BCUT2D eigenvalue weighted by atomic mass is 10.0. The Kier molecular flexibility index (Phi) is 9.99. The molecular formula is C23H40N8O. The summed E-state index contributed by atoms with van der Waals surface area (Å²) in [6.45, 7) is 11.7. The number of hydrogen-bond donors (Lipinski definition) is 2. The number of amides is 1. The number of nitrogens with zero attached hydrogens (tertiary/aromatic N) is 6. The molecule has 2 aliphatic rings. The van der Waals surface area contributed by atoms with Crippen LogP contribution in [0.1, 0.15) is 46.0 Å². The van der Waals surface area contributed by atoms with Crippen molar-refractivity contribution in [3.05, 3.63) is 18.5 Å². The SMILES string of the molecule is CCNC(=NCCN1CCCCC1CC)NCCC(=O)N1CCN(c2ncccn2)CC1. The van der Waals surface area contributed by atoms with Gasteiger partial charge in [0, 0.05) is 70.7 Å². The zero-order valence-electron chi connectivity index (χ0n) is 19.8. The van der Waals surface area contributed by atoms with E-state index in [0.29, 0.717) is 32.1 Å². The van der Waals surface area contributed by atoms with Gasteiger partial charge in [-0.15, -0.1) is 0 Å². The maximum atomic E-state index is 12.6. The summed E-state index contributed by atoms with van der Waals surface area (Å²) in [5.74, 6) is 1.72. The molecule has 1 amide bonds. The number of likely N-dealkylation sites (tertiary alicyclic amines) is 1. The van der Waals surface area contributed by atoms with Crippen molar-refractivity contribution in [2.45, 2.75) is 52.0 Å². The summed E-state index contributed by atoms with van der Waals surface area (Å²) in [5.41, 5.74) is 0. The first-order valence-corrected chi connectivity index (χ1v) is 12.3. The minimum Gasteiger partial charge on any atom is -0.357 e. The number of aromatic nitrogens is 2. The molecule has 2 aliphatic heterocycles. The van der Waals surface area contributed by atoms with Crippen LogP contribution in [-0.4, -0.2) is 96.6 Å². The summed E-state index contributed by atoms with van der Waals surface area (Å²) in [5, 5.41) is 6.63. The molecule has 2 saturated heterocycles. The molecule has 0 spiro atoms. The van der Waals surface area contributed by atoms with Crippen molar-refractivity contribution in [2.24, 2.45) is 4.99 Å². The van der Waals surface area contributed by atoms with E-state index in [2.05, 4.69) is 44.2 Å². The molecule has 0 radical (unpaired) electrons. The third-order valence-electron chi connectivity index (χ3n) is 6.32. The number of rotatable bonds is 9. The number of piperazine rings is 1. The molecule has 32 heavy (non-hydrogen) atoms. The summed E-state index contributed by atoms with van der Waals surface area (Å²) in [6, 6.07) is 2.53. The molecule has 1 aromatic heterocycles. The van der Waals surface area contributed by atoms with E-state index >= 15 is 0 Å². The number of hydrogen-bond acceptors (Lipinski definition) is 6. The van der Waals surface area contributed by atoms with Crippen LogP contribution in [0, 0.1) is 0 Å². The van der Waals surface area contributed by atoms with Gasteiger partial charge < -0.3 is 20.4 Å². The van der Waals surface area contributed by atoms with Crippen molar-refractivity contribution in [1.82, 2.24) is 30.4 Å². The van der Waals surface area contributed by atoms with E-state index in [-0.39, 0.29) is 5.91 Å². The van der Waals surface area contributed by atoms with Crippen LogP contribution in [-0.2, 0) is 4.79 Å². The van der Waals surface area contributed by atoms with Crippen LogP contribution in [0.4, 0.5) is 5.95 Å². The fraction of sp³-hybridized carbons (Fsp3) is 0.739. The van der Waals surface area contributed by atoms with Crippen LogP contribution in [0.3, 0.4) is 0 Å². The third kappa shape index (κ3) is 7.32. The predicted molar refractivity (Wildman–Crippen MR) is 129 cm³/mol. The average Bonchev–Trinajstić information content (AvgIpc) is 2.85. The summed E-state index contributed by atoms with van der Waals surface area (Å²) in [6.07, 6.45) is 9.16. The second-order valence-electron chi connectivity index (χ2n) is 8.45. The van der Waals surface area contributed by atoms with Gasteiger partial charge in [0.2, 0.25) is 11.9 Å². The highest BCUT2D eigenvalue weighted by Gasteiger charge is 2.22. The molecule has 3 rings (SSSR count). The minimum absolute atomic E-state index is 0.182. The lowest BCUT2D eigenvalue weighted by Gasteiger charge is -2.35. The molecule has 1 atom stereocenters. The molecular weight excluding hydrogens is 404 g/mol. The van der Waals surface area contributed by atoms with E-state index in [9.17, 15) is 4.79 Å². The number of aliphatic imine (C=N–C) groups is 1. The molecule has 1 unspecified atom stereocenters. The Hall–Kier alpha value is -2.42. The summed E-state index contributed by atoms with van der Waals surface area (Å²) in [7, 11) is 0. The van der Waals surface area contributed by atoms with E-state index in [0.717, 1.165) is 44.6 Å². The molecule has 0 bridgehead atoms. The highest BCUT2D eigenvalue weighted by atomic mass is 16.2. The Morgan fingerprint density at radius 2 is 1.88 bits per heavy atom. The molecule has 9 heteroatoms. The van der Waals surface area contributed by atoms with Gasteiger partial charge in [-0.05, 0) is 38.8 Å². The van der Waals surface area contributed by atoms with Gasteiger partial charge in [-0.25, -0.2) is 9.97 Å². The maximum absolute atomic E-state index is 12.6. The van der Waals surface area contributed by atoms with Gasteiger partial charge in [-0.3, -0.25) is 14.7 Å². The molecule has 9 nitrogen and oxygen atoms in total. The minimum atomic E-state index is 0.182. The Labute approximate surface area is 192 Å². The molecule has 2 N–H and O–H groups in total. The van der Waals surface area contributed by atoms with Crippen LogP contribution in [0.2, 0.25) is 0 Å². The zero-order valence-corrected chi connectivity index (χ0v) is 19.8. The lowest BCUT2D eigenvalue weighted by molar-refractivity contribution is -0.131. The monoisotopic (exact) mass is 444 g/mol. The molecule has 0 aliphatic carbocycles. The number of nitrogens with one attached hydrogen (secondary N) is 2.